The van der Waals surface area contributed by atoms with Crippen LogP contribution in [-0.2, 0) is 20.7 Å². The molecular formula is C27H33N3O3. The zero-order valence-electron chi connectivity index (χ0n) is 19.1. The highest BCUT2D eigenvalue weighted by Crippen LogP contribution is 2.40. The zero-order chi connectivity index (χ0) is 22.8. The molecular weight excluding hydrogens is 414 g/mol. The van der Waals surface area contributed by atoms with Crippen molar-refractivity contribution in [3.8, 4) is 0 Å². The summed E-state index contributed by atoms with van der Waals surface area (Å²) in [6.45, 7) is 2.98. The van der Waals surface area contributed by atoms with Gasteiger partial charge in [0.1, 0.15) is 11.9 Å². The van der Waals surface area contributed by atoms with E-state index >= 15 is 0 Å². The molecule has 1 aliphatic carbocycles. The third-order valence-electron chi connectivity index (χ3n) is 7.28. The number of rotatable bonds is 6. The molecule has 6 heteroatoms. The number of hydrogen-bond donors (Lipinski definition) is 1. The van der Waals surface area contributed by atoms with Gasteiger partial charge in [-0.25, -0.2) is 0 Å². The number of nitrogens with zero attached hydrogens (tertiary/aromatic N) is 2. The van der Waals surface area contributed by atoms with Crippen LogP contribution in [0.25, 0.3) is 0 Å². The predicted octanol–water partition coefficient (Wildman–Crippen LogP) is 2.68. The normalized spacial score (nSPS) is 26.8. The molecule has 3 aliphatic rings. The number of Topliss-reactive ketones (excluding diaryl/α,β-unsaturated/α-hetero) is 1. The highest BCUT2D eigenvalue weighted by atomic mass is 16.5. The van der Waals surface area contributed by atoms with Crippen LogP contribution in [0.15, 0.2) is 54.6 Å². The summed E-state index contributed by atoms with van der Waals surface area (Å²) < 4.78 is 6.10. The average Bonchev–Trinajstić information content (AvgIpc) is 3.60. The molecule has 2 aliphatic heterocycles. The highest BCUT2D eigenvalue weighted by Gasteiger charge is 2.37. The average molecular weight is 448 g/mol. The standard InChI is InChI=1S/C27H33N3O3/c28-24-17-23(24)20-7-4-8-21(16-20)26-18-30(13-14-33-26)27(32)25(15-19-5-2-1-3-6-19)29-11-9-22(31)10-12-29/h1-8,16,23-26H,9-15,17-18,28H2/t23-,24+,25?,26?/m0/s1. The Morgan fingerprint density at radius 3 is 2.48 bits per heavy atom. The number of hydrogen-bond acceptors (Lipinski definition) is 5. The fourth-order valence-corrected chi connectivity index (χ4v) is 5.14. The van der Waals surface area contributed by atoms with Gasteiger partial charge in [0.15, 0.2) is 0 Å². The molecule has 2 unspecified atom stereocenters. The van der Waals surface area contributed by atoms with Crippen LogP contribution in [0.3, 0.4) is 0 Å². The summed E-state index contributed by atoms with van der Waals surface area (Å²) in [4.78, 5) is 29.8. The smallest absolute Gasteiger partial charge is 0.240 e. The van der Waals surface area contributed by atoms with Gasteiger partial charge in [-0.2, -0.15) is 0 Å². The lowest BCUT2D eigenvalue weighted by Gasteiger charge is -2.39. The van der Waals surface area contributed by atoms with Crippen molar-refractivity contribution in [2.24, 2.45) is 5.73 Å². The summed E-state index contributed by atoms with van der Waals surface area (Å²) in [6.07, 6.45) is 2.63. The fraction of sp³-hybridized carbons (Fsp3) is 0.481. The first kappa shape index (κ1) is 22.3. The number of ketones is 1. The molecule has 5 rings (SSSR count). The van der Waals surface area contributed by atoms with E-state index in [2.05, 4.69) is 41.3 Å². The Kier molecular flexibility index (Phi) is 6.58. The van der Waals surface area contributed by atoms with E-state index in [1.165, 1.54) is 5.56 Å². The number of amides is 1. The van der Waals surface area contributed by atoms with E-state index in [1.807, 2.05) is 23.1 Å². The first-order valence-corrected chi connectivity index (χ1v) is 12.1. The first-order valence-electron chi connectivity index (χ1n) is 12.1. The zero-order valence-corrected chi connectivity index (χ0v) is 19.1. The molecule has 2 heterocycles. The Morgan fingerprint density at radius 2 is 1.76 bits per heavy atom. The van der Waals surface area contributed by atoms with Crippen molar-refractivity contribution in [1.29, 1.82) is 0 Å². The topological polar surface area (TPSA) is 75.9 Å². The summed E-state index contributed by atoms with van der Waals surface area (Å²) in [5, 5.41) is 0. The fourth-order valence-electron chi connectivity index (χ4n) is 5.14. The van der Waals surface area contributed by atoms with Gasteiger partial charge >= 0.3 is 0 Å². The molecule has 1 saturated carbocycles. The third kappa shape index (κ3) is 5.18. The summed E-state index contributed by atoms with van der Waals surface area (Å²) in [5.74, 6) is 0.879. The van der Waals surface area contributed by atoms with Crippen LogP contribution in [-0.4, -0.2) is 66.4 Å². The number of likely N-dealkylation sites (tertiary alicyclic amines) is 1. The maximum Gasteiger partial charge on any atom is 0.240 e. The van der Waals surface area contributed by atoms with Crippen molar-refractivity contribution in [2.75, 3.05) is 32.8 Å². The Bertz CT molecular complexity index is 985. The van der Waals surface area contributed by atoms with Crippen molar-refractivity contribution in [3.05, 3.63) is 71.3 Å². The van der Waals surface area contributed by atoms with Crippen molar-refractivity contribution in [1.82, 2.24) is 9.80 Å². The van der Waals surface area contributed by atoms with E-state index < -0.39 is 0 Å². The lowest BCUT2D eigenvalue weighted by atomic mass is 9.98. The van der Waals surface area contributed by atoms with E-state index in [-0.39, 0.29) is 24.1 Å². The Hall–Kier alpha value is -2.54. The second-order valence-corrected chi connectivity index (χ2v) is 9.60. The van der Waals surface area contributed by atoms with Gasteiger partial charge < -0.3 is 15.4 Å². The number of carbonyl (C=O) groups excluding carboxylic acids is 2. The van der Waals surface area contributed by atoms with Crippen LogP contribution >= 0.6 is 0 Å². The molecule has 2 aromatic carbocycles. The van der Waals surface area contributed by atoms with Crippen LogP contribution in [0.1, 0.15) is 48.0 Å². The minimum Gasteiger partial charge on any atom is -0.370 e. The molecule has 6 nitrogen and oxygen atoms in total. The van der Waals surface area contributed by atoms with Gasteiger partial charge in [0.05, 0.1) is 19.2 Å². The second-order valence-electron chi connectivity index (χ2n) is 9.60. The molecule has 3 fully saturated rings. The van der Waals surface area contributed by atoms with Crippen LogP contribution < -0.4 is 5.73 Å². The van der Waals surface area contributed by atoms with Crippen LogP contribution in [0.2, 0.25) is 0 Å². The van der Waals surface area contributed by atoms with Crippen molar-refractivity contribution < 1.29 is 14.3 Å². The number of morpholine rings is 1. The van der Waals surface area contributed by atoms with Crippen molar-refractivity contribution in [3.63, 3.8) is 0 Å². The van der Waals surface area contributed by atoms with Gasteiger partial charge in [-0.15, -0.1) is 0 Å². The maximum absolute atomic E-state index is 13.8. The molecule has 2 N–H and O–H groups in total. The lowest BCUT2D eigenvalue weighted by molar-refractivity contribution is -0.146. The third-order valence-corrected chi connectivity index (χ3v) is 7.28. The quantitative estimate of drug-likeness (QED) is 0.737. The minimum absolute atomic E-state index is 0.127. The number of nitrogens with two attached hydrogens (primary N) is 1. The van der Waals surface area contributed by atoms with Gasteiger partial charge in [0.2, 0.25) is 5.91 Å². The van der Waals surface area contributed by atoms with E-state index in [4.69, 9.17) is 10.5 Å². The monoisotopic (exact) mass is 447 g/mol. The van der Waals surface area contributed by atoms with E-state index in [0.717, 1.165) is 17.5 Å². The summed E-state index contributed by atoms with van der Waals surface area (Å²) in [6, 6.07) is 18.7. The molecule has 174 valence electrons. The van der Waals surface area contributed by atoms with Gasteiger partial charge in [0, 0.05) is 44.4 Å². The van der Waals surface area contributed by atoms with Crippen LogP contribution in [0, 0.1) is 0 Å². The van der Waals surface area contributed by atoms with Crippen LogP contribution in [0.5, 0.6) is 0 Å². The van der Waals surface area contributed by atoms with Gasteiger partial charge in [-0.1, -0.05) is 54.6 Å². The highest BCUT2D eigenvalue weighted by molar-refractivity contribution is 5.83. The summed E-state index contributed by atoms with van der Waals surface area (Å²) in [7, 11) is 0. The number of benzene rings is 2. The molecule has 0 spiro atoms. The summed E-state index contributed by atoms with van der Waals surface area (Å²) in [5.41, 5.74) is 9.59. The molecule has 0 aromatic heterocycles. The molecule has 4 atom stereocenters. The summed E-state index contributed by atoms with van der Waals surface area (Å²) >= 11 is 0. The second kappa shape index (κ2) is 9.75. The van der Waals surface area contributed by atoms with Gasteiger partial charge in [-0.3, -0.25) is 14.5 Å². The SMILES string of the molecule is N[C@@H]1C[C@H]1c1cccc(C2CN(C(=O)C(Cc3ccccc3)N3CCC(=O)CC3)CCO2)c1. The number of piperidine rings is 1. The Balaban J connectivity index is 1.32. The van der Waals surface area contributed by atoms with Crippen molar-refractivity contribution >= 4 is 11.7 Å². The largest absolute Gasteiger partial charge is 0.370 e. The molecule has 1 amide bonds. The first-order chi connectivity index (χ1) is 16.1. The predicted molar refractivity (Wildman–Crippen MR) is 127 cm³/mol. The minimum atomic E-state index is -0.255. The molecule has 33 heavy (non-hydrogen) atoms. The Labute approximate surface area is 195 Å². The van der Waals surface area contributed by atoms with Gasteiger partial charge in [-0.05, 0) is 29.5 Å². The van der Waals surface area contributed by atoms with E-state index in [9.17, 15) is 9.59 Å². The molecule has 0 bridgehead atoms. The number of ether oxygens (including phenoxy) is 1. The molecule has 0 radical (unpaired) electrons. The Morgan fingerprint density at radius 1 is 1.03 bits per heavy atom. The lowest BCUT2D eigenvalue weighted by Crippen LogP contribution is -2.54. The molecule has 2 saturated heterocycles. The molecule has 2 aromatic rings. The van der Waals surface area contributed by atoms with E-state index in [0.29, 0.717) is 63.7 Å². The maximum atomic E-state index is 13.8. The van der Waals surface area contributed by atoms with Gasteiger partial charge in [0.25, 0.3) is 0 Å². The van der Waals surface area contributed by atoms with Crippen molar-refractivity contribution in [2.45, 2.75) is 49.8 Å². The number of carbonyl (C=O) groups is 2. The van der Waals surface area contributed by atoms with Crippen LogP contribution in [0.4, 0.5) is 0 Å². The van der Waals surface area contributed by atoms with E-state index in [1.54, 1.807) is 0 Å².